The molecule has 1 aliphatic heterocycles. The van der Waals surface area contributed by atoms with Crippen molar-refractivity contribution in [2.75, 3.05) is 12.4 Å². The van der Waals surface area contributed by atoms with Crippen LogP contribution >= 0.6 is 11.8 Å². The van der Waals surface area contributed by atoms with Crippen molar-refractivity contribution in [2.45, 2.75) is 24.3 Å². The highest BCUT2D eigenvalue weighted by atomic mass is 32.2. The van der Waals surface area contributed by atoms with Gasteiger partial charge in [0.15, 0.2) is 0 Å². The SMILES string of the molecule is COc1ccc(-n2nc(C)c3c2NC(=O)[C@H](C)S[C@H]3c2ccc(C(=O)O)cc2)cc1. The van der Waals surface area contributed by atoms with Crippen molar-refractivity contribution in [1.82, 2.24) is 9.78 Å². The number of anilines is 1. The number of fused-ring (bicyclic) bond motifs is 1. The zero-order valence-corrected chi connectivity index (χ0v) is 17.6. The molecule has 3 aromatic rings. The fourth-order valence-corrected chi connectivity index (χ4v) is 4.81. The van der Waals surface area contributed by atoms with Gasteiger partial charge in [0.05, 0.1) is 34.6 Å². The number of aromatic nitrogens is 2. The Morgan fingerprint density at radius 1 is 1.17 bits per heavy atom. The quantitative estimate of drug-likeness (QED) is 0.658. The van der Waals surface area contributed by atoms with Crippen molar-refractivity contribution >= 4 is 29.5 Å². The number of ether oxygens (including phenoxy) is 1. The van der Waals surface area contributed by atoms with Gasteiger partial charge in [-0.05, 0) is 55.8 Å². The van der Waals surface area contributed by atoms with Crippen molar-refractivity contribution in [3.63, 3.8) is 0 Å². The molecule has 2 aromatic carbocycles. The monoisotopic (exact) mass is 423 g/mol. The Bertz CT molecular complexity index is 1110. The summed E-state index contributed by atoms with van der Waals surface area (Å²) >= 11 is 1.52. The molecule has 4 rings (SSSR count). The van der Waals surface area contributed by atoms with E-state index in [2.05, 4.69) is 5.32 Å². The fourth-order valence-electron chi connectivity index (χ4n) is 3.48. The van der Waals surface area contributed by atoms with Gasteiger partial charge in [-0.25, -0.2) is 9.48 Å². The lowest BCUT2D eigenvalue weighted by Crippen LogP contribution is -2.22. The third-order valence-corrected chi connectivity index (χ3v) is 6.50. The van der Waals surface area contributed by atoms with Gasteiger partial charge in [-0.15, -0.1) is 11.8 Å². The predicted molar refractivity (Wildman–Crippen MR) is 116 cm³/mol. The molecule has 1 aromatic heterocycles. The van der Waals surface area contributed by atoms with Crippen LogP contribution in [0.1, 0.15) is 39.4 Å². The van der Waals surface area contributed by atoms with Crippen molar-refractivity contribution in [2.24, 2.45) is 0 Å². The number of nitrogens with zero attached hydrogens (tertiary/aromatic N) is 2. The second-order valence-electron chi connectivity index (χ2n) is 7.03. The average molecular weight is 423 g/mol. The molecule has 0 saturated carbocycles. The van der Waals surface area contributed by atoms with E-state index in [-0.39, 0.29) is 22.0 Å². The Kier molecular flexibility index (Phi) is 5.26. The third kappa shape index (κ3) is 3.54. The maximum Gasteiger partial charge on any atom is 0.335 e. The maximum atomic E-state index is 12.7. The molecule has 154 valence electrons. The summed E-state index contributed by atoms with van der Waals surface area (Å²) < 4.78 is 6.97. The van der Waals surface area contributed by atoms with Crippen molar-refractivity contribution in [1.29, 1.82) is 0 Å². The summed E-state index contributed by atoms with van der Waals surface area (Å²) in [6.07, 6.45) is 0. The van der Waals surface area contributed by atoms with Crippen molar-refractivity contribution in [3.05, 3.63) is 70.9 Å². The highest BCUT2D eigenvalue weighted by molar-refractivity contribution is 8.01. The lowest BCUT2D eigenvalue weighted by Gasteiger charge is -2.17. The van der Waals surface area contributed by atoms with Crippen LogP contribution < -0.4 is 10.1 Å². The number of thioether (sulfide) groups is 1. The van der Waals surface area contributed by atoms with Gasteiger partial charge >= 0.3 is 5.97 Å². The highest BCUT2D eigenvalue weighted by Crippen LogP contribution is 2.46. The number of aromatic carboxylic acids is 1. The minimum atomic E-state index is -0.968. The molecule has 2 heterocycles. The molecule has 0 unspecified atom stereocenters. The molecule has 0 bridgehead atoms. The largest absolute Gasteiger partial charge is 0.497 e. The number of benzene rings is 2. The predicted octanol–water partition coefficient (Wildman–Crippen LogP) is 4.05. The Morgan fingerprint density at radius 3 is 2.43 bits per heavy atom. The van der Waals surface area contributed by atoms with Gasteiger partial charge < -0.3 is 15.2 Å². The van der Waals surface area contributed by atoms with E-state index in [9.17, 15) is 14.7 Å². The minimum Gasteiger partial charge on any atom is -0.497 e. The van der Waals surface area contributed by atoms with E-state index in [0.29, 0.717) is 5.82 Å². The van der Waals surface area contributed by atoms with Crippen LogP contribution in [0.5, 0.6) is 5.75 Å². The van der Waals surface area contributed by atoms with E-state index >= 15 is 0 Å². The number of carboxylic acid groups (broad SMARTS) is 1. The number of methoxy groups -OCH3 is 1. The van der Waals surface area contributed by atoms with Crippen LogP contribution in [0, 0.1) is 6.92 Å². The average Bonchev–Trinajstić information content (AvgIpc) is 3.00. The van der Waals surface area contributed by atoms with Gasteiger partial charge in [-0.3, -0.25) is 4.79 Å². The standard InChI is InChI=1S/C22H21N3O4S/c1-12-18-19(14-4-6-15(7-5-14)22(27)28)30-13(2)21(26)23-20(18)25(24-12)16-8-10-17(29-3)11-9-16/h4-11,13,19H,1-3H3,(H,23,26)(H,27,28)/t13-,19-/m0/s1. The molecule has 0 saturated heterocycles. The van der Waals surface area contributed by atoms with Gasteiger partial charge in [0.1, 0.15) is 11.6 Å². The molecule has 30 heavy (non-hydrogen) atoms. The van der Waals surface area contributed by atoms with Gasteiger partial charge in [0.2, 0.25) is 5.91 Å². The first-order valence-electron chi connectivity index (χ1n) is 9.42. The van der Waals surface area contributed by atoms with Crippen molar-refractivity contribution < 1.29 is 19.4 Å². The van der Waals surface area contributed by atoms with Crippen LogP contribution in [0.15, 0.2) is 48.5 Å². The Hall–Kier alpha value is -3.26. The zero-order valence-electron chi connectivity index (χ0n) is 16.7. The zero-order chi connectivity index (χ0) is 21.4. The topological polar surface area (TPSA) is 93.5 Å². The first-order chi connectivity index (χ1) is 14.4. The summed E-state index contributed by atoms with van der Waals surface area (Å²) in [5, 5.41) is 16.5. The summed E-state index contributed by atoms with van der Waals surface area (Å²) in [5.74, 6) is 0.301. The van der Waals surface area contributed by atoms with Crippen LogP contribution in [-0.4, -0.2) is 39.1 Å². The number of carboxylic acids is 1. The summed E-state index contributed by atoms with van der Waals surface area (Å²) in [4.78, 5) is 23.9. The smallest absolute Gasteiger partial charge is 0.335 e. The van der Waals surface area contributed by atoms with E-state index in [4.69, 9.17) is 9.84 Å². The lowest BCUT2D eigenvalue weighted by molar-refractivity contribution is -0.115. The minimum absolute atomic E-state index is 0.0967. The maximum absolute atomic E-state index is 12.7. The molecule has 1 aliphatic rings. The molecule has 0 radical (unpaired) electrons. The first-order valence-corrected chi connectivity index (χ1v) is 10.4. The number of hydrogen-bond acceptors (Lipinski definition) is 5. The van der Waals surface area contributed by atoms with E-state index in [0.717, 1.165) is 28.3 Å². The number of aryl methyl sites for hydroxylation is 1. The molecule has 2 atom stereocenters. The number of nitrogens with one attached hydrogen (secondary N) is 1. The normalized spacial score (nSPS) is 18.3. The first kappa shape index (κ1) is 20.0. The van der Waals surface area contributed by atoms with Gasteiger partial charge in [-0.1, -0.05) is 12.1 Å². The van der Waals surface area contributed by atoms with Crippen molar-refractivity contribution in [3.8, 4) is 11.4 Å². The molecular weight excluding hydrogens is 402 g/mol. The van der Waals surface area contributed by atoms with Gasteiger partial charge in [0, 0.05) is 5.56 Å². The van der Waals surface area contributed by atoms with E-state index < -0.39 is 5.97 Å². The van der Waals surface area contributed by atoms with E-state index in [1.807, 2.05) is 38.1 Å². The Balaban J connectivity index is 1.84. The van der Waals surface area contributed by atoms with Gasteiger partial charge in [0.25, 0.3) is 0 Å². The molecule has 0 fully saturated rings. The van der Waals surface area contributed by atoms with Crippen LogP contribution in [-0.2, 0) is 4.79 Å². The highest BCUT2D eigenvalue weighted by Gasteiger charge is 2.34. The molecule has 0 aliphatic carbocycles. The number of hydrogen-bond donors (Lipinski definition) is 2. The molecular formula is C22H21N3O4S. The van der Waals surface area contributed by atoms with Crippen LogP contribution in [0.3, 0.4) is 0 Å². The van der Waals surface area contributed by atoms with Crippen LogP contribution in [0.2, 0.25) is 0 Å². The summed E-state index contributed by atoms with van der Waals surface area (Å²) in [6.45, 7) is 3.78. The summed E-state index contributed by atoms with van der Waals surface area (Å²) in [7, 11) is 1.61. The summed E-state index contributed by atoms with van der Waals surface area (Å²) in [6, 6.07) is 14.2. The molecule has 8 heteroatoms. The fraction of sp³-hybridized carbons (Fsp3) is 0.227. The van der Waals surface area contributed by atoms with Gasteiger partial charge in [-0.2, -0.15) is 5.10 Å². The lowest BCUT2D eigenvalue weighted by atomic mass is 10.0. The molecule has 1 amide bonds. The number of carbonyl (C=O) groups is 2. The molecule has 2 N–H and O–H groups in total. The second kappa shape index (κ2) is 7.87. The van der Waals surface area contributed by atoms with Crippen LogP contribution in [0.25, 0.3) is 5.69 Å². The summed E-state index contributed by atoms with van der Waals surface area (Å²) in [5.41, 5.74) is 3.67. The Morgan fingerprint density at radius 2 is 1.83 bits per heavy atom. The van der Waals surface area contributed by atoms with E-state index in [1.165, 1.54) is 11.8 Å². The van der Waals surface area contributed by atoms with E-state index in [1.54, 1.807) is 36.1 Å². The molecule has 7 nitrogen and oxygen atoms in total. The number of carbonyl (C=O) groups excluding carboxylic acids is 1. The third-order valence-electron chi connectivity index (χ3n) is 5.10. The Labute approximate surface area is 178 Å². The second-order valence-corrected chi connectivity index (χ2v) is 8.48. The number of rotatable bonds is 4. The van der Waals surface area contributed by atoms with Crippen LogP contribution in [0.4, 0.5) is 5.82 Å². The number of amides is 1. The molecule has 0 spiro atoms.